The van der Waals surface area contributed by atoms with Crippen molar-refractivity contribution in [3.05, 3.63) is 40.0 Å². The van der Waals surface area contributed by atoms with Gasteiger partial charge in [-0.2, -0.15) is 0 Å². The van der Waals surface area contributed by atoms with Gasteiger partial charge in [0.05, 0.1) is 0 Å². The topological polar surface area (TPSA) is 0 Å². The van der Waals surface area contributed by atoms with Crippen LogP contribution in [0.3, 0.4) is 0 Å². The fourth-order valence-corrected chi connectivity index (χ4v) is 1.99. The highest BCUT2D eigenvalue weighted by Gasteiger charge is 2.17. The van der Waals surface area contributed by atoms with Crippen LogP contribution in [0.4, 0.5) is 4.39 Å². The van der Waals surface area contributed by atoms with E-state index in [4.69, 9.17) is 0 Å². The summed E-state index contributed by atoms with van der Waals surface area (Å²) >= 11 is 3.39. The van der Waals surface area contributed by atoms with Gasteiger partial charge in [0.1, 0.15) is 5.82 Å². The van der Waals surface area contributed by atoms with E-state index in [1.165, 1.54) is 6.07 Å². The molecule has 0 N–H and O–H groups in total. The Kier molecular flexibility index (Phi) is 1.72. The first-order chi connectivity index (χ1) is 5.29. The number of halogens is 2. The van der Waals surface area contributed by atoms with Crippen LogP contribution in [0.2, 0.25) is 0 Å². The average Bonchev–Trinajstić information content (AvgIpc) is 2.45. The zero-order valence-electron chi connectivity index (χ0n) is 5.90. The number of hydrogen-bond donors (Lipinski definition) is 0. The molecule has 0 atom stereocenters. The molecule has 1 aliphatic carbocycles. The Bertz CT molecular complexity index is 265. The van der Waals surface area contributed by atoms with Crippen molar-refractivity contribution in [1.29, 1.82) is 0 Å². The molecule has 2 heteroatoms. The van der Waals surface area contributed by atoms with Crippen LogP contribution in [0.1, 0.15) is 17.5 Å². The van der Waals surface area contributed by atoms with Crippen LogP contribution in [0.15, 0.2) is 16.6 Å². The van der Waals surface area contributed by atoms with Gasteiger partial charge in [0, 0.05) is 4.47 Å². The van der Waals surface area contributed by atoms with Crippen molar-refractivity contribution < 1.29 is 4.39 Å². The standard InChI is InChI=1S/C9H7BrF/c10-8-4-5-9(11)7-3-1-2-6(7)8/h3-5H,1-2H2. The molecule has 0 bridgehead atoms. The molecule has 2 rings (SSSR count). The first kappa shape index (κ1) is 7.29. The van der Waals surface area contributed by atoms with Crippen LogP contribution in [0, 0.1) is 12.2 Å². The summed E-state index contributed by atoms with van der Waals surface area (Å²) in [4.78, 5) is 0. The van der Waals surface area contributed by atoms with Gasteiger partial charge in [-0.25, -0.2) is 4.39 Å². The minimum atomic E-state index is -0.0966. The second kappa shape index (κ2) is 2.59. The third-order valence-electron chi connectivity index (χ3n) is 1.99. The SMILES string of the molecule is Fc1ccc(Br)c2c1[CH]CC2. The van der Waals surface area contributed by atoms with E-state index >= 15 is 0 Å². The number of benzene rings is 1. The molecule has 1 radical (unpaired) electrons. The van der Waals surface area contributed by atoms with Crippen LogP contribution >= 0.6 is 15.9 Å². The third-order valence-corrected chi connectivity index (χ3v) is 2.73. The van der Waals surface area contributed by atoms with Crippen LogP contribution in [-0.4, -0.2) is 0 Å². The summed E-state index contributed by atoms with van der Waals surface area (Å²) < 4.78 is 14.0. The van der Waals surface area contributed by atoms with Crippen molar-refractivity contribution in [3.63, 3.8) is 0 Å². The van der Waals surface area contributed by atoms with E-state index in [2.05, 4.69) is 15.9 Å². The highest BCUT2D eigenvalue weighted by atomic mass is 79.9. The highest BCUT2D eigenvalue weighted by molar-refractivity contribution is 9.10. The summed E-state index contributed by atoms with van der Waals surface area (Å²) in [6.07, 6.45) is 3.89. The normalized spacial score (nSPS) is 15.1. The second-order valence-corrected chi connectivity index (χ2v) is 3.52. The van der Waals surface area contributed by atoms with Gasteiger partial charge in [-0.1, -0.05) is 15.9 Å². The van der Waals surface area contributed by atoms with Gasteiger partial charge < -0.3 is 0 Å². The molecule has 0 saturated carbocycles. The maximum atomic E-state index is 13.0. The zero-order valence-corrected chi connectivity index (χ0v) is 7.49. The van der Waals surface area contributed by atoms with Gasteiger partial charge in [-0.3, -0.25) is 0 Å². The molecule has 0 nitrogen and oxygen atoms in total. The Hall–Kier alpha value is -0.370. The molecule has 0 saturated heterocycles. The van der Waals surface area contributed by atoms with E-state index in [-0.39, 0.29) is 5.82 Å². The lowest BCUT2D eigenvalue weighted by Crippen LogP contribution is -1.87. The van der Waals surface area contributed by atoms with Crippen molar-refractivity contribution in [3.8, 4) is 0 Å². The lowest BCUT2D eigenvalue weighted by molar-refractivity contribution is 0.620. The molecule has 0 heterocycles. The molecule has 0 aliphatic heterocycles. The van der Waals surface area contributed by atoms with E-state index in [1.807, 2.05) is 6.42 Å². The fraction of sp³-hybridized carbons (Fsp3) is 0.222. The Morgan fingerprint density at radius 1 is 1.36 bits per heavy atom. The van der Waals surface area contributed by atoms with Gasteiger partial charge in [-0.05, 0) is 42.5 Å². The maximum Gasteiger partial charge on any atom is 0.127 e. The Balaban J connectivity index is 2.64. The minimum absolute atomic E-state index is 0.0966. The minimum Gasteiger partial charge on any atom is -0.207 e. The Labute approximate surface area is 73.6 Å². The van der Waals surface area contributed by atoms with Crippen LogP contribution in [0.5, 0.6) is 0 Å². The molecular formula is C9H7BrF. The summed E-state index contributed by atoms with van der Waals surface area (Å²) in [5.74, 6) is -0.0966. The van der Waals surface area contributed by atoms with Gasteiger partial charge in [-0.15, -0.1) is 0 Å². The summed E-state index contributed by atoms with van der Waals surface area (Å²) in [5, 5.41) is 0. The number of hydrogen-bond acceptors (Lipinski definition) is 0. The van der Waals surface area contributed by atoms with E-state index in [0.717, 1.165) is 28.4 Å². The molecular weight excluding hydrogens is 207 g/mol. The molecule has 1 aromatic rings. The Morgan fingerprint density at radius 3 is 2.91 bits per heavy atom. The van der Waals surface area contributed by atoms with Gasteiger partial charge in [0.25, 0.3) is 0 Å². The average molecular weight is 214 g/mol. The summed E-state index contributed by atoms with van der Waals surface area (Å²) in [7, 11) is 0. The maximum absolute atomic E-state index is 13.0. The zero-order chi connectivity index (χ0) is 7.84. The molecule has 0 amide bonds. The second-order valence-electron chi connectivity index (χ2n) is 2.66. The first-order valence-corrected chi connectivity index (χ1v) is 4.38. The summed E-state index contributed by atoms with van der Waals surface area (Å²) in [6, 6.07) is 3.28. The van der Waals surface area contributed by atoms with Crippen LogP contribution < -0.4 is 0 Å². The van der Waals surface area contributed by atoms with E-state index < -0.39 is 0 Å². The molecule has 0 aromatic heterocycles. The predicted molar refractivity (Wildman–Crippen MR) is 45.8 cm³/mol. The molecule has 11 heavy (non-hydrogen) atoms. The molecule has 57 valence electrons. The van der Waals surface area contributed by atoms with Crippen molar-refractivity contribution in [2.75, 3.05) is 0 Å². The Morgan fingerprint density at radius 2 is 2.18 bits per heavy atom. The van der Waals surface area contributed by atoms with E-state index in [0.29, 0.717) is 0 Å². The molecule has 1 aromatic carbocycles. The van der Waals surface area contributed by atoms with E-state index in [9.17, 15) is 4.39 Å². The first-order valence-electron chi connectivity index (χ1n) is 3.59. The third kappa shape index (κ3) is 1.09. The van der Waals surface area contributed by atoms with Crippen LogP contribution in [-0.2, 0) is 6.42 Å². The largest absolute Gasteiger partial charge is 0.207 e. The smallest absolute Gasteiger partial charge is 0.127 e. The van der Waals surface area contributed by atoms with Gasteiger partial charge in [0.15, 0.2) is 0 Å². The van der Waals surface area contributed by atoms with Crippen molar-refractivity contribution in [1.82, 2.24) is 0 Å². The van der Waals surface area contributed by atoms with Gasteiger partial charge in [0.2, 0.25) is 0 Å². The van der Waals surface area contributed by atoms with Crippen molar-refractivity contribution in [2.45, 2.75) is 12.8 Å². The van der Waals surface area contributed by atoms with E-state index in [1.54, 1.807) is 6.07 Å². The summed E-state index contributed by atoms with van der Waals surface area (Å²) in [5.41, 5.74) is 1.91. The quantitative estimate of drug-likeness (QED) is 0.622. The lowest BCUT2D eigenvalue weighted by Gasteiger charge is -2.01. The monoisotopic (exact) mass is 213 g/mol. The molecule has 0 unspecified atom stereocenters. The fourth-order valence-electron chi connectivity index (χ4n) is 1.45. The lowest BCUT2D eigenvalue weighted by atomic mass is 10.1. The van der Waals surface area contributed by atoms with Crippen molar-refractivity contribution >= 4 is 15.9 Å². The van der Waals surface area contributed by atoms with Gasteiger partial charge >= 0.3 is 0 Å². The predicted octanol–water partition coefficient (Wildman–Crippen LogP) is 3.09. The highest BCUT2D eigenvalue weighted by Crippen LogP contribution is 2.31. The molecule has 1 aliphatic rings. The number of rotatable bonds is 0. The molecule has 0 fully saturated rings. The molecule has 0 spiro atoms. The van der Waals surface area contributed by atoms with Crippen molar-refractivity contribution in [2.24, 2.45) is 0 Å². The summed E-state index contributed by atoms with van der Waals surface area (Å²) in [6.45, 7) is 0. The number of fused-ring (bicyclic) bond motifs is 1. The van der Waals surface area contributed by atoms with Crippen LogP contribution in [0.25, 0.3) is 0 Å².